The van der Waals surface area contributed by atoms with Crippen molar-refractivity contribution >= 4 is 40.3 Å². The number of hydrogen-bond acceptors (Lipinski definition) is 4. The Hall–Kier alpha value is -1.07. The Labute approximate surface area is 131 Å². The molecule has 0 radical (unpaired) electrons. The number of benzene rings is 1. The number of carbonyl (C=O) groups excluding carboxylic acids is 1. The summed E-state index contributed by atoms with van der Waals surface area (Å²) in [7, 11) is 1.62. The second-order valence-corrected chi connectivity index (χ2v) is 6.32. The van der Waals surface area contributed by atoms with E-state index in [-0.39, 0.29) is 12.4 Å². The number of ether oxygens (including phenoxy) is 2. The summed E-state index contributed by atoms with van der Waals surface area (Å²) in [5, 5.41) is 0. The smallest absolute Gasteiger partial charge is 0.202 e. The lowest BCUT2D eigenvalue weighted by Gasteiger charge is -2.07. The summed E-state index contributed by atoms with van der Waals surface area (Å²) in [6, 6.07) is 8.95. The van der Waals surface area contributed by atoms with Crippen LogP contribution < -0.4 is 4.74 Å². The van der Waals surface area contributed by atoms with Crippen molar-refractivity contribution in [2.75, 3.05) is 13.7 Å². The minimum absolute atomic E-state index is 0.0801. The van der Waals surface area contributed by atoms with E-state index in [4.69, 9.17) is 32.7 Å². The van der Waals surface area contributed by atoms with Gasteiger partial charge in [-0.2, -0.15) is 0 Å². The van der Waals surface area contributed by atoms with E-state index in [1.165, 1.54) is 11.3 Å². The van der Waals surface area contributed by atoms with Crippen LogP contribution in [0.5, 0.6) is 5.75 Å². The van der Waals surface area contributed by atoms with Crippen LogP contribution in [0.15, 0.2) is 30.3 Å². The van der Waals surface area contributed by atoms with Crippen molar-refractivity contribution in [1.82, 2.24) is 0 Å². The van der Waals surface area contributed by atoms with Crippen LogP contribution in [0.25, 0.3) is 0 Å². The highest BCUT2D eigenvalue weighted by atomic mass is 35.5. The number of ketones is 1. The molecule has 0 saturated carbocycles. The van der Waals surface area contributed by atoms with E-state index in [9.17, 15) is 4.79 Å². The number of thiophene rings is 1. The van der Waals surface area contributed by atoms with Crippen LogP contribution in [-0.4, -0.2) is 19.5 Å². The molecule has 106 valence electrons. The molecule has 2 rings (SSSR count). The van der Waals surface area contributed by atoms with Gasteiger partial charge in [0.1, 0.15) is 10.1 Å². The summed E-state index contributed by atoms with van der Waals surface area (Å²) in [4.78, 5) is 12.0. The molecule has 0 spiro atoms. The Bertz CT molecular complexity index is 610. The Morgan fingerprint density at radius 1 is 1.30 bits per heavy atom. The summed E-state index contributed by atoms with van der Waals surface area (Å²) in [5.74, 6) is 0.417. The van der Waals surface area contributed by atoms with E-state index < -0.39 is 0 Å². The maximum absolute atomic E-state index is 12.0. The highest BCUT2D eigenvalue weighted by Crippen LogP contribution is 2.31. The Morgan fingerprint density at radius 2 is 2.10 bits per heavy atom. The standard InChI is InChI=1S/C14H12Cl2O3S/c1-18-7-9-3-2-4-10(5-9)19-8-12(17)11-6-13(15)20-14(11)16/h2-6H,7-8H2,1H3. The Kier molecular flexibility index (Phi) is 5.43. The largest absolute Gasteiger partial charge is 0.485 e. The van der Waals surface area contributed by atoms with Gasteiger partial charge in [-0.15, -0.1) is 11.3 Å². The highest BCUT2D eigenvalue weighted by Gasteiger charge is 2.14. The summed E-state index contributed by atoms with van der Waals surface area (Å²) in [6.07, 6.45) is 0. The first kappa shape index (κ1) is 15.3. The van der Waals surface area contributed by atoms with E-state index in [0.29, 0.717) is 26.6 Å². The van der Waals surface area contributed by atoms with Gasteiger partial charge in [0.05, 0.1) is 16.5 Å². The van der Waals surface area contributed by atoms with Gasteiger partial charge in [0, 0.05) is 7.11 Å². The fraction of sp³-hybridized carbons (Fsp3) is 0.214. The first-order valence-electron chi connectivity index (χ1n) is 5.79. The van der Waals surface area contributed by atoms with Crippen LogP contribution in [0.2, 0.25) is 8.67 Å². The Balaban J connectivity index is 1.99. The van der Waals surface area contributed by atoms with E-state index in [2.05, 4.69) is 0 Å². The molecule has 0 amide bonds. The lowest BCUT2D eigenvalue weighted by atomic mass is 10.2. The third kappa shape index (κ3) is 3.96. The molecule has 3 nitrogen and oxygen atoms in total. The number of hydrogen-bond donors (Lipinski definition) is 0. The first-order chi connectivity index (χ1) is 9.60. The van der Waals surface area contributed by atoms with Crippen LogP contribution in [0, 0.1) is 0 Å². The summed E-state index contributed by atoms with van der Waals surface area (Å²) in [5.41, 5.74) is 1.38. The zero-order chi connectivity index (χ0) is 14.5. The third-order valence-corrected chi connectivity index (χ3v) is 4.02. The molecule has 0 aliphatic rings. The molecule has 0 N–H and O–H groups in total. The van der Waals surface area contributed by atoms with Gasteiger partial charge in [-0.25, -0.2) is 0 Å². The maximum atomic E-state index is 12.0. The minimum atomic E-state index is -0.199. The van der Waals surface area contributed by atoms with E-state index in [1.54, 1.807) is 19.2 Å². The van der Waals surface area contributed by atoms with Gasteiger partial charge in [0.2, 0.25) is 5.78 Å². The van der Waals surface area contributed by atoms with Crippen LogP contribution in [0.4, 0.5) is 0 Å². The topological polar surface area (TPSA) is 35.5 Å². The molecule has 0 unspecified atom stereocenters. The van der Waals surface area contributed by atoms with Gasteiger partial charge < -0.3 is 9.47 Å². The van der Waals surface area contributed by atoms with Crippen molar-refractivity contribution in [2.45, 2.75) is 6.61 Å². The van der Waals surface area contributed by atoms with Gasteiger partial charge in [0.25, 0.3) is 0 Å². The first-order valence-corrected chi connectivity index (χ1v) is 7.36. The average molecular weight is 331 g/mol. The molecule has 0 aliphatic heterocycles. The van der Waals surface area contributed by atoms with Crippen molar-refractivity contribution in [1.29, 1.82) is 0 Å². The molecule has 0 atom stereocenters. The summed E-state index contributed by atoms with van der Waals surface area (Å²) >= 11 is 12.9. The van der Waals surface area contributed by atoms with Crippen molar-refractivity contribution in [3.05, 3.63) is 50.1 Å². The molecule has 2 aromatic rings. The fourth-order valence-electron chi connectivity index (χ4n) is 1.65. The molecule has 20 heavy (non-hydrogen) atoms. The molecule has 6 heteroatoms. The molecule has 0 saturated heterocycles. The zero-order valence-electron chi connectivity index (χ0n) is 10.7. The number of halogens is 2. The second-order valence-electron chi connectivity index (χ2n) is 4.03. The van der Waals surface area contributed by atoms with Gasteiger partial charge in [0.15, 0.2) is 6.61 Å². The normalized spacial score (nSPS) is 10.6. The van der Waals surface area contributed by atoms with Crippen LogP contribution in [0.3, 0.4) is 0 Å². The molecular weight excluding hydrogens is 319 g/mol. The van der Waals surface area contributed by atoms with E-state index in [0.717, 1.165) is 5.56 Å². The number of methoxy groups -OCH3 is 1. The number of carbonyl (C=O) groups is 1. The maximum Gasteiger partial charge on any atom is 0.202 e. The molecule has 1 aromatic heterocycles. The lowest BCUT2D eigenvalue weighted by Crippen LogP contribution is -2.11. The molecule has 1 aromatic carbocycles. The average Bonchev–Trinajstić information content (AvgIpc) is 2.76. The quantitative estimate of drug-likeness (QED) is 0.733. The van der Waals surface area contributed by atoms with E-state index >= 15 is 0 Å². The lowest BCUT2D eigenvalue weighted by molar-refractivity contribution is 0.0922. The predicted molar refractivity (Wildman–Crippen MR) is 81.3 cm³/mol. The summed E-state index contributed by atoms with van der Waals surface area (Å²) < 4.78 is 11.4. The van der Waals surface area contributed by atoms with Gasteiger partial charge in [-0.05, 0) is 23.8 Å². The minimum Gasteiger partial charge on any atom is -0.485 e. The molecule has 0 bridgehead atoms. The predicted octanol–water partition coefficient (Wildman–Crippen LogP) is 4.46. The van der Waals surface area contributed by atoms with Crippen LogP contribution in [-0.2, 0) is 11.3 Å². The Morgan fingerprint density at radius 3 is 2.75 bits per heavy atom. The monoisotopic (exact) mass is 330 g/mol. The van der Waals surface area contributed by atoms with Crippen LogP contribution in [0.1, 0.15) is 15.9 Å². The molecular formula is C14H12Cl2O3S. The second kappa shape index (κ2) is 7.09. The number of Topliss-reactive ketones (excluding diaryl/α,β-unsaturated/α-hetero) is 1. The molecule has 0 aliphatic carbocycles. The van der Waals surface area contributed by atoms with Crippen LogP contribution >= 0.6 is 34.5 Å². The van der Waals surface area contributed by atoms with Crippen molar-refractivity contribution in [3.8, 4) is 5.75 Å². The zero-order valence-corrected chi connectivity index (χ0v) is 13.0. The SMILES string of the molecule is COCc1cccc(OCC(=O)c2cc(Cl)sc2Cl)c1. The van der Waals surface area contributed by atoms with Crippen molar-refractivity contribution in [3.63, 3.8) is 0 Å². The molecule has 1 heterocycles. The molecule has 0 fully saturated rings. The van der Waals surface area contributed by atoms with E-state index in [1.807, 2.05) is 18.2 Å². The van der Waals surface area contributed by atoms with Crippen molar-refractivity contribution in [2.24, 2.45) is 0 Å². The van der Waals surface area contributed by atoms with Gasteiger partial charge in [-0.3, -0.25) is 4.79 Å². The summed E-state index contributed by atoms with van der Waals surface area (Å²) in [6.45, 7) is 0.417. The van der Waals surface area contributed by atoms with Crippen molar-refractivity contribution < 1.29 is 14.3 Å². The number of rotatable bonds is 6. The van der Waals surface area contributed by atoms with Gasteiger partial charge in [-0.1, -0.05) is 35.3 Å². The third-order valence-electron chi connectivity index (χ3n) is 2.54. The highest BCUT2D eigenvalue weighted by molar-refractivity contribution is 7.20. The van der Waals surface area contributed by atoms with Gasteiger partial charge >= 0.3 is 0 Å². The fourth-order valence-corrected chi connectivity index (χ4v) is 3.15.